The van der Waals surface area contributed by atoms with Crippen molar-refractivity contribution in [2.75, 3.05) is 19.6 Å². The van der Waals surface area contributed by atoms with Gasteiger partial charge >= 0.3 is 6.03 Å². The number of carbonyl (C=O) groups excluding carboxylic acids is 3. The third-order valence-electron chi connectivity index (χ3n) is 8.35. The molecule has 2 unspecified atom stereocenters. The zero-order valence-corrected chi connectivity index (χ0v) is 25.8. The number of benzene rings is 3. The molecule has 2 aliphatic heterocycles. The third kappa shape index (κ3) is 6.95. The zero-order chi connectivity index (χ0) is 32.9. The Kier molecular flexibility index (Phi) is 9.16. The maximum absolute atomic E-state index is 14.3. The van der Waals surface area contributed by atoms with E-state index in [1.807, 2.05) is 48.5 Å². The third-order valence-corrected chi connectivity index (χ3v) is 8.35. The summed E-state index contributed by atoms with van der Waals surface area (Å²) in [6, 6.07) is 27.0. The monoisotopic (exact) mass is 632 g/mol. The van der Waals surface area contributed by atoms with Crippen molar-refractivity contribution in [3.05, 3.63) is 127 Å². The minimum atomic E-state index is -0.902. The number of pyridine rings is 1. The van der Waals surface area contributed by atoms with E-state index in [1.54, 1.807) is 64.5 Å². The van der Waals surface area contributed by atoms with Gasteiger partial charge in [0.2, 0.25) is 11.8 Å². The summed E-state index contributed by atoms with van der Waals surface area (Å²) in [5.41, 5.74) is 3.80. The lowest BCUT2D eigenvalue weighted by molar-refractivity contribution is -0.189. The molecule has 11 nitrogen and oxygen atoms in total. The Bertz CT molecular complexity index is 1750. The Morgan fingerprint density at radius 3 is 2.30 bits per heavy atom. The molecule has 2 saturated heterocycles. The summed E-state index contributed by atoms with van der Waals surface area (Å²) < 4.78 is 0. The van der Waals surface area contributed by atoms with Crippen LogP contribution in [0.25, 0.3) is 11.3 Å². The van der Waals surface area contributed by atoms with E-state index in [0.717, 1.165) is 16.7 Å². The Labute approximate surface area is 272 Å². The van der Waals surface area contributed by atoms with Crippen LogP contribution in [-0.4, -0.2) is 84.7 Å². The van der Waals surface area contributed by atoms with Crippen LogP contribution in [0.1, 0.15) is 16.8 Å². The number of carbonyl (C=O) groups is 3. The van der Waals surface area contributed by atoms with Gasteiger partial charge < -0.3 is 25.3 Å². The number of phenolic OH excluding ortho intramolecular Hbond substituents is 2. The summed E-state index contributed by atoms with van der Waals surface area (Å²) in [4.78, 5) is 50.0. The van der Waals surface area contributed by atoms with Gasteiger partial charge in [0, 0.05) is 25.1 Å². The largest absolute Gasteiger partial charge is 0.508 e. The van der Waals surface area contributed by atoms with E-state index in [-0.39, 0.29) is 62.5 Å². The second-order valence-corrected chi connectivity index (χ2v) is 11.6. The summed E-state index contributed by atoms with van der Waals surface area (Å²) >= 11 is 0. The average molecular weight is 633 g/mol. The number of hydrogen-bond acceptors (Lipinski definition) is 7. The average Bonchev–Trinajstić information content (AvgIpc) is 3.07. The highest BCUT2D eigenvalue weighted by Gasteiger charge is 2.51. The van der Waals surface area contributed by atoms with Crippen molar-refractivity contribution in [1.82, 2.24) is 30.1 Å². The van der Waals surface area contributed by atoms with Crippen LogP contribution in [0.15, 0.2) is 110 Å². The fourth-order valence-electron chi connectivity index (χ4n) is 6.11. The lowest BCUT2D eigenvalue weighted by Gasteiger charge is -2.55. The van der Waals surface area contributed by atoms with E-state index in [4.69, 9.17) is 4.98 Å². The van der Waals surface area contributed by atoms with E-state index < -0.39 is 18.2 Å². The summed E-state index contributed by atoms with van der Waals surface area (Å²) in [7, 11) is 0. The highest BCUT2D eigenvalue weighted by atomic mass is 16.3. The van der Waals surface area contributed by atoms with Gasteiger partial charge in [-0.3, -0.25) is 14.6 Å². The molecule has 0 bridgehead atoms. The van der Waals surface area contributed by atoms with Crippen LogP contribution in [-0.2, 0) is 29.1 Å². The number of nitrogens with zero attached hydrogens (tertiary/aromatic N) is 5. The molecule has 47 heavy (non-hydrogen) atoms. The van der Waals surface area contributed by atoms with E-state index in [2.05, 4.69) is 11.9 Å². The molecule has 0 spiro atoms. The molecule has 6 rings (SSSR count). The first-order chi connectivity index (χ1) is 22.8. The van der Waals surface area contributed by atoms with Crippen molar-refractivity contribution < 1.29 is 24.6 Å². The molecule has 2 aliphatic rings. The molecule has 240 valence electrons. The SMILES string of the molecule is C=CCN1CC(=O)N2C(Cc3ccc(O)cc3)C(=O)N(Cc3cccc(-c4ccc(O)cc4)n3)CC2N1C(=O)NCc1ccccc1. The van der Waals surface area contributed by atoms with E-state index in [0.29, 0.717) is 11.4 Å². The number of rotatable bonds is 9. The molecular weight excluding hydrogens is 596 g/mol. The number of hydrazine groups is 1. The Morgan fingerprint density at radius 1 is 0.894 bits per heavy atom. The van der Waals surface area contributed by atoms with Crippen molar-refractivity contribution >= 4 is 17.8 Å². The number of amides is 4. The van der Waals surface area contributed by atoms with Gasteiger partial charge in [-0.25, -0.2) is 14.8 Å². The van der Waals surface area contributed by atoms with E-state index in [1.165, 1.54) is 9.91 Å². The first kappa shape index (κ1) is 31.3. The molecule has 2 fully saturated rings. The molecule has 1 aromatic heterocycles. The summed E-state index contributed by atoms with van der Waals surface area (Å²) in [6.07, 6.45) is 1.03. The molecule has 2 atom stereocenters. The van der Waals surface area contributed by atoms with Crippen LogP contribution in [0, 0.1) is 0 Å². The maximum Gasteiger partial charge on any atom is 0.334 e. The van der Waals surface area contributed by atoms with E-state index in [9.17, 15) is 24.6 Å². The predicted molar refractivity (Wildman–Crippen MR) is 175 cm³/mol. The molecular formula is C36H36N6O5. The van der Waals surface area contributed by atoms with Crippen LogP contribution in [0.3, 0.4) is 0 Å². The van der Waals surface area contributed by atoms with Gasteiger partial charge in [-0.2, -0.15) is 0 Å². The quantitative estimate of drug-likeness (QED) is 0.239. The van der Waals surface area contributed by atoms with Crippen molar-refractivity contribution in [1.29, 1.82) is 0 Å². The van der Waals surface area contributed by atoms with E-state index >= 15 is 0 Å². The second kappa shape index (κ2) is 13.8. The fourth-order valence-corrected chi connectivity index (χ4v) is 6.11. The Morgan fingerprint density at radius 2 is 1.60 bits per heavy atom. The highest BCUT2D eigenvalue weighted by Crippen LogP contribution is 2.30. The standard InChI is InChI=1S/C36H36N6O5/c1-2-19-40-24-34(45)41-32(20-25-11-15-29(43)16-12-25)35(46)39(22-28-9-6-10-31(38-28)27-13-17-30(44)18-14-27)23-33(41)42(40)36(47)37-21-26-7-4-3-5-8-26/h2-18,32-33,43-44H,1,19-24H2,(H,37,47). The molecule has 3 heterocycles. The number of urea groups is 1. The minimum absolute atomic E-state index is 0.0637. The van der Waals surface area contributed by atoms with Gasteiger partial charge in [-0.1, -0.05) is 54.6 Å². The first-order valence-electron chi connectivity index (χ1n) is 15.4. The number of fused-ring (bicyclic) bond motifs is 1. The zero-order valence-electron chi connectivity index (χ0n) is 25.8. The smallest absolute Gasteiger partial charge is 0.334 e. The fraction of sp³-hybridized carbons (Fsp3) is 0.222. The number of hydrogen-bond donors (Lipinski definition) is 3. The van der Waals surface area contributed by atoms with Crippen molar-refractivity contribution in [2.45, 2.75) is 31.7 Å². The highest BCUT2D eigenvalue weighted by molar-refractivity contribution is 5.91. The first-order valence-corrected chi connectivity index (χ1v) is 15.4. The van der Waals surface area contributed by atoms with Crippen LogP contribution >= 0.6 is 0 Å². The second-order valence-electron chi connectivity index (χ2n) is 11.6. The van der Waals surface area contributed by atoms with Crippen LogP contribution < -0.4 is 5.32 Å². The summed E-state index contributed by atoms with van der Waals surface area (Å²) in [6.45, 7) is 4.49. The Balaban J connectivity index is 1.34. The Hall–Kier alpha value is -5.68. The van der Waals surface area contributed by atoms with Crippen LogP contribution in [0.2, 0.25) is 0 Å². The topological polar surface area (TPSA) is 130 Å². The van der Waals surface area contributed by atoms with Gasteiger partial charge in [0.1, 0.15) is 23.7 Å². The minimum Gasteiger partial charge on any atom is -0.508 e. The van der Waals surface area contributed by atoms with Crippen LogP contribution in [0.4, 0.5) is 4.79 Å². The molecule has 4 aromatic rings. The van der Waals surface area contributed by atoms with Gasteiger partial charge in [-0.15, -0.1) is 6.58 Å². The number of aromatic hydroxyl groups is 2. The molecule has 4 amide bonds. The maximum atomic E-state index is 14.3. The molecule has 3 N–H and O–H groups in total. The molecule has 0 aliphatic carbocycles. The lowest BCUT2D eigenvalue weighted by atomic mass is 9.98. The number of piperazine rings is 1. The van der Waals surface area contributed by atoms with Crippen molar-refractivity contribution in [3.63, 3.8) is 0 Å². The van der Waals surface area contributed by atoms with Crippen LogP contribution in [0.5, 0.6) is 11.5 Å². The number of phenols is 2. The number of nitrogens with one attached hydrogen (secondary N) is 1. The predicted octanol–water partition coefficient (Wildman–Crippen LogP) is 3.90. The van der Waals surface area contributed by atoms with Crippen molar-refractivity contribution in [3.8, 4) is 22.8 Å². The molecule has 0 radical (unpaired) electrons. The normalized spacial score (nSPS) is 18.2. The van der Waals surface area contributed by atoms with Gasteiger partial charge in [0.15, 0.2) is 0 Å². The molecule has 0 saturated carbocycles. The van der Waals surface area contributed by atoms with Gasteiger partial charge in [0.05, 0.1) is 31.0 Å². The lowest BCUT2D eigenvalue weighted by Crippen LogP contribution is -2.76. The van der Waals surface area contributed by atoms with Gasteiger partial charge in [0.25, 0.3) is 0 Å². The van der Waals surface area contributed by atoms with Crippen molar-refractivity contribution in [2.24, 2.45) is 0 Å². The van der Waals surface area contributed by atoms with Gasteiger partial charge in [-0.05, 0) is 59.7 Å². The summed E-state index contributed by atoms with van der Waals surface area (Å²) in [5, 5.41) is 25.8. The molecule has 11 heteroatoms. The number of aromatic nitrogens is 1. The molecule has 3 aromatic carbocycles. The summed E-state index contributed by atoms with van der Waals surface area (Å²) in [5.74, 6) is -0.286.